The molecular formula is C12H24N2O. The number of hydrogen-bond acceptors (Lipinski definition) is 3. The van der Waals surface area contributed by atoms with Gasteiger partial charge in [-0.3, -0.25) is 11.3 Å². The fraction of sp³-hybridized carbons (Fsp3) is 1.00. The number of nitrogens with one attached hydrogen (secondary N) is 1. The summed E-state index contributed by atoms with van der Waals surface area (Å²) in [7, 11) is 0. The normalized spacial score (nSPS) is 36.4. The predicted molar refractivity (Wildman–Crippen MR) is 61.2 cm³/mol. The lowest BCUT2D eigenvalue weighted by molar-refractivity contribution is 0.0844. The van der Waals surface area contributed by atoms with E-state index in [4.69, 9.17) is 10.6 Å². The minimum Gasteiger partial charge on any atom is -0.375 e. The molecule has 0 aliphatic carbocycles. The fourth-order valence-corrected chi connectivity index (χ4v) is 3.03. The van der Waals surface area contributed by atoms with E-state index < -0.39 is 0 Å². The summed E-state index contributed by atoms with van der Waals surface area (Å²) in [6.45, 7) is 4.54. The molecule has 4 unspecified atom stereocenters. The van der Waals surface area contributed by atoms with Crippen LogP contribution in [0.15, 0.2) is 0 Å². The van der Waals surface area contributed by atoms with Crippen LogP contribution in [0.2, 0.25) is 0 Å². The molecule has 0 radical (unpaired) electrons. The summed E-state index contributed by atoms with van der Waals surface area (Å²) in [5.41, 5.74) is 3.00. The molecule has 0 aromatic heterocycles. The van der Waals surface area contributed by atoms with Gasteiger partial charge in [0.25, 0.3) is 0 Å². The van der Waals surface area contributed by atoms with E-state index in [0.29, 0.717) is 24.2 Å². The first-order valence-electron chi connectivity index (χ1n) is 6.32. The third-order valence-corrected chi connectivity index (χ3v) is 3.94. The topological polar surface area (TPSA) is 47.3 Å². The molecule has 4 atom stereocenters. The molecular weight excluding hydrogens is 188 g/mol. The molecule has 0 aromatic carbocycles. The molecule has 88 valence electrons. The van der Waals surface area contributed by atoms with Crippen LogP contribution in [0.25, 0.3) is 0 Å². The van der Waals surface area contributed by atoms with Gasteiger partial charge in [-0.1, -0.05) is 13.8 Å². The van der Waals surface area contributed by atoms with Crippen molar-refractivity contribution in [3.05, 3.63) is 0 Å². The second-order valence-electron chi connectivity index (χ2n) is 5.52. The summed E-state index contributed by atoms with van der Waals surface area (Å²) in [6, 6.07) is 0.461. The van der Waals surface area contributed by atoms with E-state index in [1.165, 1.54) is 32.1 Å². The van der Waals surface area contributed by atoms with Gasteiger partial charge in [0.1, 0.15) is 0 Å². The SMILES string of the molecule is CC(C)CCC(NN)C1CC2CCC1O2. The Hall–Kier alpha value is -0.120. The lowest BCUT2D eigenvalue weighted by Gasteiger charge is -2.28. The van der Waals surface area contributed by atoms with Crippen molar-refractivity contribution in [2.45, 2.75) is 64.2 Å². The zero-order valence-electron chi connectivity index (χ0n) is 9.91. The molecule has 2 bridgehead atoms. The smallest absolute Gasteiger partial charge is 0.0624 e. The van der Waals surface area contributed by atoms with Gasteiger partial charge in [0.2, 0.25) is 0 Å². The third-order valence-electron chi connectivity index (χ3n) is 3.94. The zero-order valence-corrected chi connectivity index (χ0v) is 9.91. The Bertz CT molecular complexity index is 208. The average Bonchev–Trinajstić information content (AvgIpc) is 2.79. The van der Waals surface area contributed by atoms with E-state index in [2.05, 4.69) is 19.3 Å². The Morgan fingerprint density at radius 1 is 1.33 bits per heavy atom. The maximum atomic E-state index is 5.88. The van der Waals surface area contributed by atoms with Crippen LogP contribution in [0.5, 0.6) is 0 Å². The van der Waals surface area contributed by atoms with Crippen LogP contribution in [0.3, 0.4) is 0 Å². The van der Waals surface area contributed by atoms with Crippen LogP contribution >= 0.6 is 0 Å². The van der Waals surface area contributed by atoms with Crippen LogP contribution < -0.4 is 11.3 Å². The highest BCUT2D eigenvalue weighted by Crippen LogP contribution is 2.41. The number of rotatable bonds is 5. The fourth-order valence-electron chi connectivity index (χ4n) is 3.03. The van der Waals surface area contributed by atoms with Crippen LogP contribution in [0.1, 0.15) is 46.0 Å². The molecule has 0 saturated carbocycles. The van der Waals surface area contributed by atoms with Crippen molar-refractivity contribution in [3.8, 4) is 0 Å². The molecule has 2 aliphatic heterocycles. The van der Waals surface area contributed by atoms with Crippen molar-refractivity contribution in [2.75, 3.05) is 0 Å². The van der Waals surface area contributed by atoms with Crippen molar-refractivity contribution in [1.82, 2.24) is 5.43 Å². The molecule has 2 aliphatic rings. The van der Waals surface area contributed by atoms with Gasteiger partial charge in [-0.05, 0) is 38.0 Å². The maximum Gasteiger partial charge on any atom is 0.0624 e. The van der Waals surface area contributed by atoms with Crippen molar-refractivity contribution in [3.63, 3.8) is 0 Å². The lowest BCUT2D eigenvalue weighted by Crippen LogP contribution is -2.44. The minimum absolute atomic E-state index is 0.461. The Morgan fingerprint density at radius 2 is 2.13 bits per heavy atom. The zero-order chi connectivity index (χ0) is 10.8. The Morgan fingerprint density at radius 3 is 2.60 bits per heavy atom. The average molecular weight is 212 g/mol. The van der Waals surface area contributed by atoms with E-state index in [-0.39, 0.29) is 0 Å². The van der Waals surface area contributed by atoms with Gasteiger partial charge in [0, 0.05) is 12.0 Å². The number of nitrogens with two attached hydrogens (primary N) is 1. The van der Waals surface area contributed by atoms with Crippen LogP contribution in [-0.4, -0.2) is 18.2 Å². The molecule has 2 saturated heterocycles. The van der Waals surface area contributed by atoms with E-state index in [1.54, 1.807) is 0 Å². The summed E-state index contributed by atoms with van der Waals surface area (Å²) in [5.74, 6) is 7.09. The second kappa shape index (κ2) is 4.81. The first-order chi connectivity index (χ1) is 7.20. The molecule has 2 heterocycles. The minimum atomic E-state index is 0.461. The number of fused-ring (bicyclic) bond motifs is 2. The number of hydrazine groups is 1. The van der Waals surface area contributed by atoms with Gasteiger partial charge in [-0.25, -0.2) is 0 Å². The molecule has 0 aromatic rings. The Kier molecular flexibility index (Phi) is 3.65. The van der Waals surface area contributed by atoms with Gasteiger partial charge in [-0.2, -0.15) is 0 Å². The van der Waals surface area contributed by atoms with E-state index in [1.807, 2.05) is 0 Å². The van der Waals surface area contributed by atoms with Crippen molar-refractivity contribution >= 4 is 0 Å². The highest BCUT2D eigenvalue weighted by Gasteiger charge is 2.43. The largest absolute Gasteiger partial charge is 0.375 e. The molecule has 2 rings (SSSR count). The Labute approximate surface area is 92.7 Å². The standard InChI is InChI=1S/C12H24N2O/c1-8(2)3-5-11(14-13)10-7-9-4-6-12(10)15-9/h8-12,14H,3-7,13H2,1-2H3. The molecule has 0 spiro atoms. The summed E-state index contributed by atoms with van der Waals surface area (Å²) in [6.07, 6.45) is 7.20. The predicted octanol–water partition coefficient (Wildman–Crippen LogP) is 1.82. The van der Waals surface area contributed by atoms with E-state index in [0.717, 1.165) is 5.92 Å². The van der Waals surface area contributed by atoms with E-state index in [9.17, 15) is 0 Å². The van der Waals surface area contributed by atoms with E-state index >= 15 is 0 Å². The van der Waals surface area contributed by atoms with Gasteiger partial charge in [0.05, 0.1) is 12.2 Å². The summed E-state index contributed by atoms with van der Waals surface area (Å²) in [5, 5.41) is 0. The first kappa shape index (κ1) is 11.4. The molecule has 3 N–H and O–H groups in total. The third kappa shape index (κ3) is 2.52. The maximum absolute atomic E-state index is 5.88. The van der Waals surface area contributed by atoms with Crippen LogP contribution in [0.4, 0.5) is 0 Å². The number of hydrogen-bond donors (Lipinski definition) is 2. The van der Waals surface area contributed by atoms with Crippen molar-refractivity contribution in [2.24, 2.45) is 17.7 Å². The first-order valence-corrected chi connectivity index (χ1v) is 6.32. The molecule has 3 nitrogen and oxygen atoms in total. The van der Waals surface area contributed by atoms with Gasteiger partial charge >= 0.3 is 0 Å². The molecule has 0 amide bonds. The van der Waals surface area contributed by atoms with Crippen LogP contribution in [-0.2, 0) is 4.74 Å². The van der Waals surface area contributed by atoms with Crippen LogP contribution in [0, 0.1) is 11.8 Å². The van der Waals surface area contributed by atoms with Crippen molar-refractivity contribution in [1.29, 1.82) is 0 Å². The molecule has 15 heavy (non-hydrogen) atoms. The molecule has 2 fully saturated rings. The lowest BCUT2D eigenvalue weighted by atomic mass is 9.81. The summed E-state index contributed by atoms with van der Waals surface area (Å²) < 4.78 is 5.88. The van der Waals surface area contributed by atoms with Crippen molar-refractivity contribution < 1.29 is 4.74 Å². The summed E-state index contributed by atoms with van der Waals surface area (Å²) >= 11 is 0. The highest BCUT2D eigenvalue weighted by atomic mass is 16.5. The van der Waals surface area contributed by atoms with Gasteiger partial charge in [0.15, 0.2) is 0 Å². The monoisotopic (exact) mass is 212 g/mol. The van der Waals surface area contributed by atoms with Gasteiger partial charge in [-0.15, -0.1) is 0 Å². The summed E-state index contributed by atoms with van der Waals surface area (Å²) in [4.78, 5) is 0. The van der Waals surface area contributed by atoms with Gasteiger partial charge < -0.3 is 4.74 Å². The highest BCUT2D eigenvalue weighted by molar-refractivity contribution is 4.94. The molecule has 3 heteroatoms. The second-order valence-corrected chi connectivity index (χ2v) is 5.52. The number of ether oxygens (including phenoxy) is 1. The Balaban J connectivity index is 1.84. The quantitative estimate of drug-likeness (QED) is 0.540.